The molecule has 0 atom stereocenters. The maximum absolute atomic E-state index is 12.2. The summed E-state index contributed by atoms with van der Waals surface area (Å²) in [7, 11) is 0. The lowest BCUT2D eigenvalue weighted by atomic mass is 10.1. The van der Waals surface area contributed by atoms with Crippen LogP contribution in [0.3, 0.4) is 0 Å². The predicted molar refractivity (Wildman–Crippen MR) is 90.8 cm³/mol. The first-order chi connectivity index (χ1) is 11.5. The zero-order valence-corrected chi connectivity index (χ0v) is 14.0. The van der Waals surface area contributed by atoms with E-state index in [1.165, 1.54) is 11.3 Å². The molecule has 1 amide bonds. The standard InChI is InChI=1S/C16H15N5O2S/c1-9-6-10(2)20-14(22)11(9)7-19-15(23)12-8-24-16(21-12)13-17-4-3-5-18-13/h3-6,8H,7H2,1-2H3,(H,19,23)(H,20,22). The molecule has 3 rings (SSSR count). The van der Waals surface area contributed by atoms with Gasteiger partial charge >= 0.3 is 0 Å². The van der Waals surface area contributed by atoms with E-state index in [4.69, 9.17) is 0 Å². The SMILES string of the molecule is Cc1cc(C)c(CNC(=O)c2csc(-c3ncccn3)n2)c(=O)[nH]1. The van der Waals surface area contributed by atoms with Crippen LogP contribution in [0.25, 0.3) is 10.8 Å². The largest absolute Gasteiger partial charge is 0.346 e. The summed E-state index contributed by atoms with van der Waals surface area (Å²) in [5.41, 5.74) is 2.26. The van der Waals surface area contributed by atoms with Crippen molar-refractivity contribution in [2.45, 2.75) is 20.4 Å². The number of aromatic nitrogens is 4. The number of pyridine rings is 1. The highest BCUT2D eigenvalue weighted by Crippen LogP contribution is 2.19. The molecule has 8 heteroatoms. The average molecular weight is 341 g/mol. The Balaban J connectivity index is 1.73. The second-order valence-electron chi connectivity index (χ2n) is 5.24. The Kier molecular flexibility index (Phi) is 4.48. The van der Waals surface area contributed by atoms with Gasteiger partial charge in [0, 0.05) is 35.6 Å². The van der Waals surface area contributed by atoms with Crippen LogP contribution in [-0.2, 0) is 6.54 Å². The van der Waals surface area contributed by atoms with Gasteiger partial charge in [-0.3, -0.25) is 9.59 Å². The van der Waals surface area contributed by atoms with E-state index in [1.54, 1.807) is 23.8 Å². The highest BCUT2D eigenvalue weighted by Gasteiger charge is 2.14. The van der Waals surface area contributed by atoms with Gasteiger partial charge in [0.25, 0.3) is 11.5 Å². The third-order valence-corrected chi connectivity index (χ3v) is 4.25. The average Bonchev–Trinajstić information content (AvgIpc) is 3.04. The van der Waals surface area contributed by atoms with Crippen LogP contribution in [0.2, 0.25) is 0 Å². The molecule has 3 aromatic rings. The van der Waals surface area contributed by atoms with Crippen LogP contribution in [0.1, 0.15) is 27.3 Å². The number of hydrogen-bond donors (Lipinski definition) is 2. The summed E-state index contributed by atoms with van der Waals surface area (Å²) in [6.07, 6.45) is 3.24. The van der Waals surface area contributed by atoms with Gasteiger partial charge in [-0.15, -0.1) is 11.3 Å². The topological polar surface area (TPSA) is 101 Å². The molecule has 0 aliphatic heterocycles. The normalized spacial score (nSPS) is 10.6. The van der Waals surface area contributed by atoms with Gasteiger partial charge in [0.1, 0.15) is 5.69 Å². The van der Waals surface area contributed by atoms with E-state index in [0.717, 1.165) is 11.3 Å². The second-order valence-corrected chi connectivity index (χ2v) is 6.09. The number of nitrogens with zero attached hydrogens (tertiary/aromatic N) is 3. The van der Waals surface area contributed by atoms with Crippen LogP contribution in [-0.4, -0.2) is 25.8 Å². The van der Waals surface area contributed by atoms with Gasteiger partial charge in [0.2, 0.25) is 0 Å². The Morgan fingerprint density at radius 2 is 2.04 bits per heavy atom. The van der Waals surface area contributed by atoms with Crippen LogP contribution < -0.4 is 10.9 Å². The van der Waals surface area contributed by atoms with Crippen LogP contribution in [0.4, 0.5) is 0 Å². The van der Waals surface area contributed by atoms with E-state index in [1.807, 2.05) is 19.9 Å². The Labute approximate surface area is 141 Å². The van der Waals surface area contributed by atoms with Crippen molar-refractivity contribution in [3.05, 3.63) is 62.8 Å². The van der Waals surface area contributed by atoms with E-state index in [0.29, 0.717) is 16.4 Å². The maximum atomic E-state index is 12.2. The van der Waals surface area contributed by atoms with Gasteiger partial charge in [-0.1, -0.05) is 0 Å². The van der Waals surface area contributed by atoms with Crippen molar-refractivity contribution in [3.63, 3.8) is 0 Å². The van der Waals surface area contributed by atoms with Gasteiger partial charge in [-0.25, -0.2) is 15.0 Å². The summed E-state index contributed by atoms with van der Waals surface area (Å²) in [6, 6.07) is 3.59. The zero-order chi connectivity index (χ0) is 17.1. The molecule has 0 aromatic carbocycles. The molecule has 0 aliphatic carbocycles. The van der Waals surface area contributed by atoms with Gasteiger partial charge < -0.3 is 10.3 Å². The molecule has 122 valence electrons. The Hall–Kier alpha value is -2.87. The van der Waals surface area contributed by atoms with Crippen molar-refractivity contribution in [1.82, 2.24) is 25.3 Å². The number of H-pyrrole nitrogens is 1. The summed E-state index contributed by atoms with van der Waals surface area (Å²) >= 11 is 1.30. The molecule has 7 nitrogen and oxygen atoms in total. The lowest BCUT2D eigenvalue weighted by Gasteiger charge is -2.07. The third-order valence-electron chi connectivity index (χ3n) is 3.41. The lowest BCUT2D eigenvalue weighted by Crippen LogP contribution is -2.28. The lowest BCUT2D eigenvalue weighted by molar-refractivity contribution is 0.0946. The molecule has 0 spiro atoms. The van der Waals surface area contributed by atoms with Crippen LogP contribution >= 0.6 is 11.3 Å². The second kappa shape index (κ2) is 6.71. The predicted octanol–water partition coefficient (Wildman–Crippen LogP) is 1.84. The Morgan fingerprint density at radius 3 is 2.75 bits per heavy atom. The monoisotopic (exact) mass is 341 g/mol. The van der Waals surface area contributed by atoms with Crippen LogP contribution in [0.5, 0.6) is 0 Å². The van der Waals surface area contributed by atoms with Crippen molar-refractivity contribution in [3.8, 4) is 10.8 Å². The third kappa shape index (κ3) is 3.38. The van der Waals surface area contributed by atoms with E-state index >= 15 is 0 Å². The summed E-state index contributed by atoms with van der Waals surface area (Å²) < 4.78 is 0. The minimum atomic E-state index is -0.340. The molecular weight excluding hydrogens is 326 g/mol. The van der Waals surface area contributed by atoms with Crippen molar-refractivity contribution in [1.29, 1.82) is 0 Å². The number of rotatable bonds is 4. The van der Waals surface area contributed by atoms with E-state index < -0.39 is 0 Å². The first kappa shape index (κ1) is 16.0. The zero-order valence-electron chi connectivity index (χ0n) is 13.2. The number of aryl methyl sites for hydroxylation is 2. The van der Waals surface area contributed by atoms with Gasteiger partial charge in [0.05, 0.1) is 0 Å². The first-order valence-electron chi connectivity index (χ1n) is 7.25. The fraction of sp³-hybridized carbons (Fsp3) is 0.188. The van der Waals surface area contributed by atoms with Crippen LogP contribution in [0, 0.1) is 13.8 Å². The fourth-order valence-corrected chi connectivity index (χ4v) is 3.00. The Bertz CT molecular complexity index is 933. The van der Waals surface area contributed by atoms with Crippen molar-refractivity contribution in [2.75, 3.05) is 0 Å². The number of carbonyl (C=O) groups is 1. The molecule has 0 aliphatic rings. The number of thiazole rings is 1. The molecule has 0 radical (unpaired) electrons. The molecule has 0 saturated carbocycles. The Morgan fingerprint density at radius 1 is 1.29 bits per heavy atom. The fourth-order valence-electron chi connectivity index (χ4n) is 2.25. The number of aromatic amines is 1. The molecule has 0 unspecified atom stereocenters. The summed E-state index contributed by atoms with van der Waals surface area (Å²) in [4.78, 5) is 39.4. The molecule has 2 N–H and O–H groups in total. The first-order valence-corrected chi connectivity index (χ1v) is 8.13. The van der Waals surface area contributed by atoms with Crippen molar-refractivity contribution < 1.29 is 4.79 Å². The smallest absolute Gasteiger partial charge is 0.271 e. The quantitative estimate of drug-likeness (QED) is 0.754. The molecule has 3 heterocycles. The molecule has 24 heavy (non-hydrogen) atoms. The van der Waals surface area contributed by atoms with Gasteiger partial charge in [-0.2, -0.15) is 0 Å². The number of amides is 1. The van der Waals surface area contributed by atoms with E-state index in [9.17, 15) is 9.59 Å². The molecule has 0 fully saturated rings. The summed E-state index contributed by atoms with van der Waals surface area (Å²) in [5.74, 6) is 0.139. The number of carbonyl (C=O) groups excluding carboxylic acids is 1. The minimum absolute atomic E-state index is 0.148. The summed E-state index contributed by atoms with van der Waals surface area (Å²) in [5, 5.41) is 4.95. The van der Waals surface area contributed by atoms with Gasteiger partial charge in [0.15, 0.2) is 10.8 Å². The summed E-state index contributed by atoms with van der Waals surface area (Å²) in [6.45, 7) is 3.81. The molecular formula is C16H15N5O2S. The van der Waals surface area contributed by atoms with Crippen molar-refractivity contribution >= 4 is 17.2 Å². The maximum Gasteiger partial charge on any atom is 0.271 e. The highest BCUT2D eigenvalue weighted by molar-refractivity contribution is 7.13. The number of hydrogen-bond acceptors (Lipinski definition) is 6. The minimum Gasteiger partial charge on any atom is -0.346 e. The van der Waals surface area contributed by atoms with Crippen LogP contribution in [0.15, 0.2) is 34.7 Å². The molecule has 3 aromatic heterocycles. The highest BCUT2D eigenvalue weighted by atomic mass is 32.1. The van der Waals surface area contributed by atoms with Crippen molar-refractivity contribution in [2.24, 2.45) is 0 Å². The van der Waals surface area contributed by atoms with E-state index in [2.05, 4.69) is 25.3 Å². The number of nitrogens with one attached hydrogen (secondary N) is 2. The molecule has 0 bridgehead atoms. The van der Waals surface area contributed by atoms with E-state index in [-0.39, 0.29) is 23.7 Å². The van der Waals surface area contributed by atoms with Gasteiger partial charge in [-0.05, 0) is 31.5 Å². The molecule has 0 saturated heterocycles.